The maximum absolute atomic E-state index is 13.2. The summed E-state index contributed by atoms with van der Waals surface area (Å²) in [6.45, 7) is 4.88. The predicted octanol–water partition coefficient (Wildman–Crippen LogP) is 2.40. The molecule has 0 atom stereocenters. The highest BCUT2D eigenvalue weighted by atomic mass is 19.1. The van der Waals surface area contributed by atoms with Crippen molar-refractivity contribution in [1.29, 1.82) is 0 Å². The molecule has 0 bridgehead atoms. The second-order valence-electron chi connectivity index (χ2n) is 4.76. The molecule has 1 amide bonds. The van der Waals surface area contributed by atoms with Crippen molar-refractivity contribution in [3.05, 3.63) is 17.4 Å². The van der Waals surface area contributed by atoms with Crippen LogP contribution in [0, 0.1) is 5.82 Å². The summed E-state index contributed by atoms with van der Waals surface area (Å²) in [7, 11) is 0. The third kappa shape index (κ3) is 3.57. The van der Waals surface area contributed by atoms with Gasteiger partial charge in [-0.1, -0.05) is 0 Å². The molecule has 0 aromatic heterocycles. The summed E-state index contributed by atoms with van der Waals surface area (Å²) in [4.78, 5) is 22.3. The molecule has 1 aromatic rings. The molecule has 1 rings (SSSR count). The summed E-state index contributed by atoms with van der Waals surface area (Å²) in [5, 5.41) is 20.7. The average molecular weight is 271 g/mol. The van der Waals surface area contributed by atoms with Gasteiger partial charge in [0.2, 0.25) is 0 Å². The van der Waals surface area contributed by atoms with E-state index in [4.69, 9.17) is 9.84 Å². The first-order chi connectivity index (χ1) is 8.65. The van der Waals surface area contributed by atoms with Crippen molar-refractivity contribution in [2.75, 3.05) is 5.32 Å². The van der Waals surface area contributed by atoms with Gasteiger partial charge in [-0.15, -0.1) is 0 Å². The van der Waals surface area contributed by atoms with E-state index in [1.165, 1.54) is 0 Å². The summed E-state index contributed by atoms with van der Waals surface area (Å²) in [5.74, 6) is -3.17. The number of benzene rings is 1. The second-order valence-corrected chi connectivity index (χ2v) is 4.76. The first-order valence-corrected chi connectivity index (χ1v) is 5.35. The Morgan fingerprint density at radius 1 is 1.37 bits per heavy atom. The van der Waals surface area contributed by atoms with Crippen LogP contribution in [0.2, 0.25) is 0 Å². The average Bonchev–Trinajstić information content (AvgIpc) is 2.24. The van der Waals surface area contributed by atoms with Crippen LogP contribution in [0.25, 0.3) is 0 Å². The summed E-state index contributed by atoms with van der Waals surface area (Å²) >= 11 is 0. The molecule has 0 saturated carbocycles. The van der Waals surface area contributed by atoms with E-state index < -0.39 is 34.6 Å². The Balaban J connectivity index is 3.08. The number of nitrogens with one attached hydrogen (secondary N) is 1. The van der Waals surface area contributed by atoms with Crippen LogP contribution in [0.4, 0.5) is 14.9 Å². The van der Waals surface area contributed by atoms with Crippen LogP contribution < -0.4 is 5.32 Å². The van der Waals surface area contributed by atoms with Crippen LogP contribution in [0.5, 0.6) is 11.5 Å². The van der Waals surface area contributed by atoms with Crippen molar-refractivity contribution in [3.63, 3.8) is 0 Å². The molecule has 3 N–H and O–H groups in total. The van der Waals surface area contributed by atoms with Gasteiger partial charge in [0, 0.05) is 6.07 Å². The minimum atomic E-state index is -1.17. The van der Waals surface area contributed by atoms with Crippen LogP contribution in [-0.4, -0.2) is 28.2 Å². The number of carbonyl (C=O) groups is 2. The van der Waals surface area contributed by atoms with E-state index >= 15 is 0 Å². The van der Waals surface area contributed by atoms with E-state index in [0.29, 0.717) is 6.07 Å². The minimum Gasteiger partial charge on any atom is -0.504 e. The fourth-order valence-electron chi connectivity index (χ4n) is 1.28. The van der Waals surface area contributed by atoms with E-state index in [2.05, 4.69) is 5.32 Å². The summed E-state index contributed by atoms with van der Waals surface area (Å²) in [6.07, 6.45) is -0.735. The predicted molar refractivity (Wildman–Crippen MR) is 65.0 cm³/mol. The van der Waals surface area contributed by atoms with Gasteiger partial charge >= 0.3 is 6.09 Å². The molecular weight excluding hydrogens is 257 g/mol. The van der Waals surface area contributed by atoms with Gasteiger partial charge in [0.05, 0.1) is 11.3 Å². The van der Waals surface area contributed by atoms with Crippen LogP contribution >= 0.6 is 0 Å². The molecule has 0 heterocycles. The van der Waals surface area contributed by atoms with E-state index in [9.17, 15) is 19.1 Å². The van der Waals surface area contributed by atoms with E-state index in [-0.39, 0.29) is 12.0 Å². The van der Waals surface area contributed by atoms with Crippen molar-refractivity contribution in [2.45, 2.75) is 26.4 Å². The number of anilines is 1. The van der Waals surface area contributed by atoms with Crippen molar-refractivity contribution in [3.8, 4) is 11.5 Å². The number of aldehydes is 1. The summed E-state index contributed by atoms with van der Waals surface area (Å²) < 4.78 is 18.1. The standard InChI is InChI=1S/C12H14FNO5/c1-12(2,3)19-11(18)14-8-4-7(13)10(17)9(16)6(8)5-15/h4-5,16-17H,1-3H3,(H,14,18). The molecule has 0 aliphatic rings. The Labute approximate surface area is 108 Å². The van der Waals surface area contributed by atoms with Gasteiger partial charge in [-0.25, -0.2) is 9.18 Å². The summed E-state index contributed by atoms with van der Waals surface area (Å²) in [5.41, 5.74) is -1.51. The highest BCUT2D eigenvalue weighted by Gasteiger charge is 2.21. The van der Waals surface area contributed by atoms with Crippen LogP contribution in [0.3, 0.4) is 0 Å². The molecule has 0 fully saturated rings. The maximum Gasteiger partial charge on any atom is 0.412 e. The molecule has 6 nitrogen and oxygen atoms in total. The summed E-state index contributed by atoms with van der Waals surface area (Å²) in [6, 6.07) is 0.711. The molecule has 0 aliphatic carbocycles. The Bertz CT molecular complexity index is 522. The zero-order valence-electron chi connectivity index (χ0n) is 10.7. The molecule has 1 aromatic carbocycles. The first kappa shape index (κ1) is 14.7. The van der Waals surface area contributed by atoms with Crippen molar-refractivity contribution in [1.82, 2.24) is 0 Å². The molecule has 0 aliphatic heterocycles. The number of hydrogen-bond acceptors (Lipinski definition) is 5. The zero-order chi connectivity index (χ0) is 14.8. The Kier molecular flexibility index (Phi) is 3.98. The second kappa shape index (κ2) is 5.13. The molecule has 0 unspecified atom stereocenters. The van der Waals surface area contributed by atoms with Crippen molar-refractivity contribution >= 4 is 18.1 Å². The van der Waals surface area contributed by atoms with Gasteiger partial charge < -0.3 is 14.9 Å². The molecule has 19 heavy (non-hydrogen) atoms. The lowest BCUT2D eigenvalue weighted by molar-refractivity contribution is 0.0636. The number of rotatable bonds is 2. The number of hydrogen-bond donors (Lipinski definition) is 3. The van der Waals surface area contributed by atoms with Crippen LogP contribution in [-0.2, 0) is 4.74 Å². The van der Waals surface area contributed by atoms with E-state index in [1.807, 2.05) is 0 Å². The third-order valence-electron chi connectivity index (χ3n) is 2.02. The minimum absolute atomic E-state index is 0.182. The van der Waals surface area contributed by atoms with Crippen molar-refractivity contribution in [2.24, 2.45) is 0 Å². The van der Waals surface area contributed by atoms with Gasteiger partial charge in [0.25, 0.3) is 0 Å². The van der Waals surface area contributed by atoms with Gasteiger partial charge in [-0.3, -0.25) is 10.1 Å². The number of halogens is 1. The quantitative estimate of drug-likeness (QED) is 0.436. The first-order valence-electron chi connectivity index (χ1n) is 5.35. The lowest BCUT2D eigenvalue weighted by Gasteiger charge is -2.20. The normalized spacial score (nSPS) is 10.9. The fourth-order valence-corrected chi connectivity index (χ4v) is 1.28. The number of amides is 1. The van der Waals surface area contributed by atoms with Gasteiger partial charge in [-0.2, -0.15) is 0 Å². The molecule has 7 heteroatoms. The number of ether oxygens (including phenoxy) is 1. The Morgan fingerprint density at radius 2 is 1.95 bits per heavy atom. The molecular formula is C12H14FNO5. The highest BCUT2D eigenvalue weighted by molar-refractivity contribution is 5.96. The van der Waals surface area contributed by atoms with Gasteiger partial charge in [-0.05, 0) is 20.8 Å². The maximum atomic E-state index is 13.2. The van der Waals surface area contributed by atoms with E-state index in [1.54, 1.807) is 20.8 Å². The van der Waals surface area contributed by atoms with Crippen molar-refractivity contribution < 1.29 is 28.9 Å². The Morgan fingerprint density at radius 3 is 2.42 bits per heavy atom. The Hall–Kier alpha value is -2.31. The largest absolute Gasteiger partial charge is 0.504 e. The molecule has 0 spiro atoms. The lowest BCUT2D eigenvalue weighted by atomic mass is 10.1. The SMILES string of the molecule is CC(C)(C)OC(=O)Nc1cc(F)c(O)c(O)c1C=O. The third-order valence-corrected chi connectivity index (χ3v) is 2.02. The number of aromatic hydroxyl groups is 2. The number of phenolic OH excluding ortho intramolecular Hbond substituents is 2. The lowest BCUT2D eigenvalue weighted by Crippen LogP contribution is -2.27. The van der Waals surface area contributed by atoms with Crippen LogP contribution in [0.1, 0.15) is 31.1 Å². The molecule has 0 saturated heterocycles. The highest BCUT2D eigenvalue weighted by Crippen LogP contribution is 2.35. The smallest absolute Gasteiger partial charge is 0.412 e. The number of phenols is 2. The van der Waals surface area contributed by atoms with Gasteiger partial charge in [0.15, 0.2) is 23.6 Å². The number of carbonyl (C=O) groups excluding carboxylic acids is 2. The molecule has 0 radical (unpaired) electrons. The van der Waals surface area contributed by atoms with E-state index in [0.717, 1.165) is 0 Å². The topological polar surface area (TPSA) is 95.9 Å². The zero-order valence-corrected chi connectivity index (χ0v) is 10.7. The van der Waals surface area contributed by atoms with Crippen LogP contribution in [0.15, 0.2) is 6.07 Å². The fraction of sp³-hybridized carbons (Fsp3) is 0.333. The monoisotopic (exact) mass is 271 g/mol. The molecule has 104 valence electrons. The van der Waals surface area contributed by atoms with Gasteiger partial charge in [0.1, 0.15) is 5.60 Å².